The second kappa shape index (κ2) is 22.7. The van der Waals surface area contributed by atoms with Crippen LogP contribution in [0.3, 0.4) is 0 Å². The van der Waals surface area contributed by atoms with Crippen LogP contribution in [0.4, 0.5) is 0 Å². The zero-order valence-electron chi connectivity index (χ0n) is 41.1. The van der Waals surface area contributed by atoms with E-state index < -0.39 is 17.4 Å². The van der Waals surface area contributed by atoms with Crippen molar-refractivity contribution in [3.05, 3.63) is 59.3 Å². The Kier molecular flexibility index (Phi) is 17.4. The van der Waals surface area contributed by atoms with Gasteiger partial charge in [-0.05, 0) is 155 Å². The van der Waals surface area contributed by atoms with Crippen molar-refractivity contribution < 1.29 is 33.8 Å². The summed E-state index contributed by atoms with van der Waals surface area (Å²) in [6.45, 7) is 10.8. The number of benzene rings is 2. The van der Waals surface area contributed by atoms with E-state index in [0.717, 1.165) is 89.3 Å². The van der Waals surface area contributed by atoms with Crippen molar-refractivity contribution in [1.29, 1.82) is 0 Å². The average Bonchev–Trinajstić information content (AvgIpc) is 3.73. The van der Waals surface area contributed by atoms with Crippen molar-refractivity contribution in [2.75, 3.05) is 47.9 Å². The maximum atomic E-state index is 14.5. The number of primary amides is 1. The van der Waals surface area contributed by atoms with Crippen LogP contribution in [0.2, 0.25) is 0 Å². The summed E-state index contributed by atoms with van der Waals surface area (Å²) in [5.41, 5.74) is 7.77. The van der Waals surface area contributed by atoms with Gasteiger partial charge in [0.05, 0.1) is 31.2 Å². The highest BCUT2D eigenvalue weighted by Crippen LogP contribution is 2.58. The minimum atomic E-state index is -1.34. The Labute approximate surface area is 393 Å². The Balaban J connectivity index is 1.15. The summed E-state index contributed by atoms with van der Waals surface area (Å²) in [6, 6.07) is 12.7. The van der Waals surface area contributed by atoms with Crippen LogP contribution >= 0.6 is 0 Å². The predicted molar refractivity (Wildman–Crippen MR) is 259 cm³/mol. The molecule has 13 nitrogen and oxygen atoms in total. The summed E-state index contributed by atoms with van der Waals surface area (Å²) in [5, 5.41) is 18.8. The number of nitrogens with one attached hydrogen (secondary N) is 1. The van der Waals surface area contributed by atoms with E-state index in [0.29, 0.717) is 52.4 Å². The van der Waals surface area contributed by atoms with Gasteiger partial charge in [0.1, 0.15) is 17.0 Å². The van der Waals surface area contributed by atoms with Gasteiger partial charge in [0.25, 0.3) is 11.8 Å². The lowest BCUT2D eigenvalue weighted by Gasteiger charge is -2.59. The first-order valence-electron chi connectivity index (χ1n) is 24.9. The van der Waals surface area contributed by atoms with E-state index in [1.54, 1.807) is 35.9 Å². The van der Waals surface area contributed by atoms with E-state index in [2.05, 4.69) is 45.0 Å². The molecule has 1 aromatic heterocycles. The van der Waals surface area contributed by atoms with E-state index >= 15 is 0 Å². The second-order valence-corrected chi connectivity index (χ2v) is 20.3. The zero-order valence-corrected chi connectivity index (χ0v) is 41.1. The Bertz CT molecular complexity index is 2100. The number of carbonyl (C=O) groups excluding carboxylic acids is 3. The van der Waals surface area contributed by atoms with Crippen LogP contribution in [-0.2, 0) is 9.59 Å². The second-order valence-electron chi connectivity index (χ2n) is 20.3. The van der Waals surface area contributed by atoms with E-state index in [9.17, 15) is 24.3 Å². The quantitative estimate of drug-likeness (QED) is 0.0665. The number of hydrogen-bond acceptors (Lipinski definition) is 8. The molecular weight excluding hydrogens is 833 g/mol. The van der Waals surface area contributed by atoms with Crippen molar-refractivity contribution in [2.24, 2.45) is 41.2 Å². The summed E-state index contributed by atoms with van der Waals surface area (Å²) in [4.78, 5) is 58.0. The Hall–Kier alpha value is -4.91. The standard InChI is InChI=1S/C53H78N6O7/c1-9-10-11-12-13-14-19-41(49(54)60)35(4)18-16-24-57(5)25-17-26-58(6)51(62)38-22-23-44(42(32-38)34(2)3)59-45(48-46(65-7)20-15-21-47(48)66-8)33-43(56-59)50(61)55-53(52(63)64)39-28-36-27-37(30-39)31-40(53)29-36/h15,20-23,32-37,39-41H,9-14,16-19,24-31H2,1-8H3,(H2,54,60)(H,55,61)(H,63,64). The number of aliphatic carboxylic acids is 1. The molecule has 0 aliphatic heterocycles. The van der Waals surface area contributed by atoms with Crippen molar-refractivity contribution in [3.8, 4) is 28.4 Å². The molecule has 0 radical (unpaired) electrons. The highest BCUT2D eigenvalue weighted by atomic mass is 16.5. The van der Waals surface area contributed by atoms with Crippen LogP contribution in [0.1, 0.15) is 156 Å². The number of ether oxygens (including phenoxy) is 2. The molecule has 2 atom stereocenters. The van der Waals surface area contributed by atoms with Crippen molar-refractivity contribution in [2.45, 2.75) is 135 Å². The lowest BCUT2D eigenvalue weighted by molar-refractivity contribution is -0.163. The minimum Gasteiger partial charge on any atom is -0.496 e. The van der Waals surface area contributed by atoms with Gasteiger partial charge >= 0.3 is 5.97 Å². The molecule has 3 aromatic rings. The fourth-order valence-electron chi connectivity index (χ4n) is 11.8. The monoisotopic (exact) mass is 911 g/mol. The first-order chi connectivity index (χ1) is 31.6. The van der Waals surface area contributed by atoms with Gasteiger partial charge in [-0.2, -0.15) is 5.10 Å². The number of carboxylic acid groups (broad SMARTS) is 1. The number of unbranched alkanes of at least 4 members (excludes halogenated alkanes) is 5. The molecule has 4 aliphatic rings. The predicted octanol–water partition coefficient (Wildman–Crippen LogP) is 9.35. The molecular formula is C53H78N6O7. The molecule has 4 bridgehead atoms. The number of hydrogen-bond donors (Lipinski definition) is 3. The van der Waals surface area contributed by atoms with Crippen LogP contribution in [0.25, 0.3) is 16.9 Å². The maximum Gasteiger partial charge on any atom is 0.330 e. The largest absolute Gasteiger partial charge is 0.496 e. The van der Waals surface area contributed by atoms with E-state index in [-0.39, 0.29) is 47.1 Å². The zero-order chi connectivity index (χ0) is 47.7. The molecule has 4 saturated carbocycles. The normalized spacial score (nSPS) is 21.8. The highest BCUT2D eigenvalue weighted by molar-refractivity contribution is 5.98. The van der Waals surface area contributed by atoms with Crippen LogP contribution < -0.4 is 20.5 Å². The van der Waals surface area contributed by atoms with Gasteiger partial charge in [-0.15, -0.1) is 0 Å². The average molecular weight is 911 g/mol. The van der Waals surface area contributed by atoms with Gasteiger partial charge in [-0.25, -0.2) is 9.48 Å². The molecule has 4 N–H and O–H groups in total. The van der Waals surface area contributed by atoms with Gasteiger partial charge in [-0.3, -0.25) is 14.4 Å². The molecule has 7 rings (SSSR count). The van der Waals surface area contributed by atoms with E-state index in [1.807, 2.05) is 37.4 Å². The summed E-state index contributed by atoms with van der Waals surface area (Å²) in [7, 11) is 7.09. The summed E-state index contributed by atoms with van der Waals surface area (Å²) in [5.74, 6) is 0.199. The first kappa shape index (κ1) is 50.5. The Morgan fingerprint density at radius 3 is 2.05 bits per heavy atom. The third kappa shape index (κ3) is 11.3. The van der Waals surface area contributed by atoms with Gasteiger partial charge in [-0.1, -0.05) is 72.3 Å². The molecule has 3 amide bonds. The minimum absolute atomic E-state index is 0.0413. The number of methoxy groups -OCH3 is 2. The van der Waals surface area contributed by atoms with Gasteiger partial charge < -0.3 is 35.4 Å². The summed E-state index contributed by atoms with van der Waals surface area (Å²) >= 11 is 0. The molecule has 66 heavy (non-hydrogen) atoms. The Morgan fingerprint density at radius 1 is 0.833 bits per heavy atom. The molecule has 0 saturated heterocycles. The number of carbonyl (C=O) groups is 4. The number of nitrogens with two attached hydrogens (primary N) is 1. The Morgan fingerprint density at radius 2 is 1.45 bits per heavy atom. The summed E-state index contributed by atoms with van der Waals surface area (Å²) in [6.07, 6.45) is 15.2. The first-order valence-corrected chi connectivity index (χ1v) is 24.9. The molecule has 362 valence electrons. The fourth-order valence-corrected chi connectivity index (χ4v) is 11.8. The van der Waals surface area contributed by atoms with Gasteiger partial charge in [0.15, 0.2) is 5.69 Å². The topological polar surface area (TPSA) is 169 Å². The molecule has 4 aliphatic carbocycles. The smallest absolute Gasteiger partial charge is 0.330 e. The molecule has 1 heterocycles. The highest BCUT2D eigenvalue weighted by Gasteiger charge is 2.62. The molecule has 4 fully saturated rings. The van der Waals surface area contributed by atoms with Crippen LogP contribution in [0.5, 0.6) is 11.5 Å². The van der Waals surface area contributed by atoms with Gasteiger partial charge in [0, 0.05) is 25.1 Å². The van der Waals surface area contributed by atoms with E-state index in [4.69, 9.17) is 20.3 Å². The lowest BCUT2D eigenvalue weighted by atomic mass is 9.48. The fraction of sp³-hybridized carbons (Fsp3) is 0.642. The van der Waals surface area contributed by atoms with Crippen molar-refractivity contribution in [3.63, 3.8) is 0 Å². The lowest BCUT2D eigenvalue weighted by Crippen LogP contribution is -2.70. The van der Waals surface area contributed by atoms with Crippen LogP contribution in [-0.4, -0.2) is 102 Å². The summed E-state index contributed by atoms with van der Waals surface area (Å²) < 4.78 is 13.4. The number of amides is 3. The van der Waals surface area contributed by atoms with Gasteiger partial charge in [0.2, 0.25) is 5.91 Å². The van der Waals surface area contributed by atoms with Crippen LogP contribution in [0.15, 0.2) is 42.5 Å². The van der Waals surface area contributed by atoms with E-state index in [1.165, 1.54) is 25.7 Å². The van der Waals surface area contributed by atoms with Crippen molar-refractivity contribution >= 4 is 23.7 Å². The number of rotatable bonds is 26. The molecule has 2 aromatic carbocycles. The third-order valence-electron chi connectivity index (χ3n) is 15.4. The molecule has 0 spiro atoms. The van der Waals surface area contributed by atoms with Crippen molar-refractivity contribution in [1.82, 2.24) is 24.9 Å². The molecule has 2 unspecified atom stereocenters. The molecule has 13 heteroatoms. The maximum absolute atomic E-state index is 14.5. The number of carboxylic acids is 1. The SMILES string of the molecule is CCCCCCCCC(C(N)=O)C(C)CCCN(C)CCCN(C)C(=O)c1ccc(-n2nc(C(=O)NC3(C(=O)O)C4CC5CC(C4)CC3C5)cc2-c2c(OC)cccc2OC)c(C(C)C)c1. The number of aromatic nitrogens is 2. The number of nitrogens with zero attached hydrogens (tertiary/aromatic N) is 4. The van der Waals surface area contributed by atoms with Crippen LogP contribution in [0, 0.1) is 35.5 Å². The third-order valence-corrected chi connectivity index (χ3v) is 15.4.